The number of alkyl halides is 3. The van der Waals surface area contributed by atoms with Crippen LogP contribution in [0.25, 0.3) is 0 Å². The summed E-state index contributed by atoms with van der Waals surface area (Å²) >= 11 is 0. The smallest absolute Gasteiger partial charge is 0.391 e. The summed E-state index contributed by atoms with van der Waals surface area (Å²) in [5, 5.41) is 0. The minimum absolute atomic E-state index is 0.0249. The van der Waals surface area contributed by atoms with Crippen LogP contribution in [0.3, 0.4) is 0 Å². The third-order valence-corrected chi connectivity index (χ3v) is 5.72. The van der Waals surface area contributed by atoms with Gasteiger partial charge in [0.25, 0.3) is 0 Å². The van der Waals surface area contributed by atoms with Crippen molar-refractivity contribution >= 4 is 5.78 Å². The molecule has 1 spiro atoms. The number of halogens is 3. The molecule has 2 heterocycles. The predicted molar refractivity (Wildman–Crippen MR) is 80.8 cm³/mol. The van der Waals surface area contributed by atoms with Gasteiger partial charge in [-0.25, -0.2) is 0 Å². The molecule has 25 heavy (non-hydrogen) atoms. The van der Waals surface area contributed by atoms with Crippen LogP contribution in [0, 0.1) is 11.8 Å². The SMILES string of the molecule is COC1=CC(=O)C(OC)C(C2(C)OC2CCC(C)C(F)(F)F)C12CO2. The second-order valence-electron chi connectivity index (χ2n) is 7.24. The number of hydrogen-bond donors (Lipinski definition) is 0. The van der Waals surface area contributed by atoms with Gasteiger partial charge in [-0.05, 0) is 19.8 Å². The molecular formula is C17H23F3O5. The van der Waals surface area contributed by atoms with E-state index >= 15 is 0 Å². The van der Waals surface area contributed by atoms with E-state index in [2.05, 4.69) is 0 Å². The van der Waals surface area contributed by atoms with Gasteiger partial charge in [-0.15, -0.1) is 0 Å². The first-order valence-corrected chi connectivity index (χ1v) is 8.31. The average Bonchev–Trinajstić information content (AvgIpc) is 3.44. The molecule has 5 nitrogen and oxygen atoms in total. The van der Waals surface area contributed by atoms with Gasteiger partial charge < -0.3 is 18.9 Å². The third kappa shape index (κ3) is 2.98. The Bertz CT molecular complexity index is 583. The van der Waals surface area contributed by atoms with Crippen molar-refractivity contribution in [3.8, 4) is 0 Å². The number of ketones is 1. The molecule has 2 aliphatic heterocycles. The molecule has 0 amide bonds. The molecule has 0 aromatic rings. The fraction of sp³-hybridized carbons (Fsp3) is 0.824. The Hall–Kier alpha value is -1.12. The van der Waals surface area contributed by atoms with E-state index in [9.17, 15) is 18.0 Å². The maximum absolute atomic E-state index is 12.7. The molecule has 6 unspecified atom stereocenters. The Morgan fingerprint density at radius 1 is 1.40 bits per heavy atom. The summed E-state index contributed by atoms with van der Waals surface area (Å²) in [6, 6.07) is 0. The highest BCUT2D eigenvalue weighted by Crippen LogP contribution is 2.59. The van der Waals surface area contributed by atoms with Crippen LogP contribution in [0.15, 0.2) is 11.8 Å². The molecule has 8 heteroatoms. The molecule has 0 radical (unpaired) electrons. The zero-order chi connectivity index (χ0) is 18.6. The Balaban J connectivity index is 1.76. The van der Waals surface area contributed by atoms with E-state index in [1.165, 1.54) is 27.2 Å². The lowest BCUT2D eigenvalue weighted by Gasteiger charge is -2.36. The van der Waals surface area contributed by atoms with Crippen LogP contribution in [0.4, 0.5) is 13.2 Å². The van der Waals surface area contributed by atoms with Gasteiger partial charge in [-0.2, -0.15) is 13.2 Å². The van der Waals surface area contributed by atoms with E-state index in [4.69, 9.17) is 18.9 Å². The van der Waals surface area contributed by atoms with Crippen LogP contribution >= 0.6 is 0 Å². The summed E-state index contributed by atoms with van der Waals surface area (Å²) in [7, 11) is 2.90. The molecule has 3 aliphatic rings. The molecule has 0 N–H and O–H groups in total. The molecule has 6 atom stereocenters. The van der Waals surface area contributed by atoms with Gasteiger partial charge in [0.05, 0.1) is 31.7 Å². The van der Waals surface area contributed by atoms with Gasteiger partial charge in [-0.1, -0.05) is 6.92 Å². The zero-order valence-electron chi connectivity index (χ0n) is 14.7. The Morgan fingerprint density at radius 2 is 2.04 bits per heavy atom. The molecule has 3 rings (SSSR count). The van der Waals surface area contributed by atoms with Crippen molar-refractivity contribution in [3.63, 3.8) is 0 Å². The predicted octanol–water partition coefficient (Wildman–Crippen LogP) is 2.64. The van der Waals surface area contributed by atoms with Crippen molar-refractivity contribution in [2.45, 2.75) is 56.3 Å². The largest absolute Gasteiger partial charge is 0.498 e. The number of hydrogen-bond acceptors (Lipinski definition) is 5. The normalized spacial score (nSPS) is 41.5. The summed E-state index contributed by atoms with van der Waals surface area (Å²) in [5.41, 5.74) is -1.57. The van der Waals surface area contributed by atoms with Crippen LogP contribution in [0.1, 0.15) is 26.7 Å². The van der Waals surface area contributed by atoms with Gasteiger partial charge in [0, 0.05) is 13.2 Å². The van der Waals surface area contributed by atoms with Gasteiger partial charge in [-0.3, -0.25) is 4.79 Å². The van der Waals surface area contributed by atoms with Crippen molar-refractivity contribution in [2.75, 3.05) is 20.8 Å². The van der Waals surface area contributed by atoms with E-state index in [0.717, 1.165) is 0 Å². The molecule has 1 aliphatic carbocycles. The van der Waals surface area contributed by atoms with Crippen molar-refractivity contribution in [1.82, 2.24) is 0 Å². The van der Waals surface area contributed by atoms with E-state index in [0.29, 0.717) is 12.4 Å². The summed E-state index contributed by atoms with van der Waals surface area (Å²) in [6.07, 6.45) is -3.73. The molecule has 2 fully saturated rings. The minimum atomic E-state index is -4.21. The monoisotopic (exact) mass is 364 g/mol. The summed E-state index contributed by atoms with van der Waals surface area (Å²) in [6.45, 7) is 3.34. The van der Waals surface area contributed by atoms with Crippen LogP contribution in [0.2, 0.25) is 0 Å². The lowest BCUT2D eigenvalue weighted by atomic mass is 9.70. The highest BCUT2D eigenvalue weighted by Gasteiger charge is 2.74. The highest BCUT2D eigenvalue weighted by atomic mass is 19.4. The summed E-state index contributed by atoms with van der Waals surface area (Å²) in [4.78, 5) is 12.4. The first kappa shape index (κ1) is 18.7. The summed E-state index contributed by atoms with van der Waals surface area (Å²) in [5.74, 6) is -1.67. The van der Waals surface area contributed by atoms with Gasteiger partial charge >= 0.3 is 6.18 Å². The number of carbonyl (C=O) groups is 1. The quantitative estimate of drug-likeness (QED) is 0.678. The van der Waals surface area contributed by atoms with E-state index in [1.54, 1.807) is 0 Å². The van der Waals surface area contributed by atoms with Gasteiger partial charge in [0.1, 0.15) is 17.5 Å². The molecule has 0 bridgehead atoms. The van der Waals surface area contributed by atoms with Crippen LogP contribution in [-0.4, -0.2) is 56.2 Å². The molecule has 2 saturated heterocycles. The zero-order valence-corrected chi connectivity index (χ0v) is 14.7. The van der Waals surface area contributed by atoms with Crippen molar-refractivity contribution in [2.24, 2.45) is 11.8 Å². The van der Waals surface area contributed by atoms with Crippen molar-refractivity contribution in [1.29, 1.82) is 0 Å². The molecule has 0 aromatic heterocycles. The number of epoxide rings is 2. The number of rotatable bonds is 6. The Labute approximate surface area is 144 Å². The Morgan fingerprint density at radius 3 is 2.52 bits per heavy atom. The van der Waals surface area contributed by atoms with Crippen LogP contribution < -0.4 is 0 Å². The Kier molecular flexibility index (Phi) is 4.45. The molecular weight excluding hydrogens is 341 g/mol. The molecule has 0 aromatic carbocycles. The van der Waals surface area contributed by atoms with Crippen LogP contribution in [0.5, 0.6) is 0 Å². The van der Waals surface area contributed by atoms with E-state index in [1.807, 2.05) is 6.92 Å². The first-order valence-electron chi connectivity index (χ1n) is 8.31. The number of carbonyl (C=O) groups excluding carboxylic acids is 1. The molecule has 142 valence electrons. The second kappa shape index (κ2) is 5.96. The average molecular weight is 364 g/mol. The van der Waals surface area contributed by atoms with Crippen LogP contribution in [-0.2, 0) is 23.7 Å². The topological polar surface area (TPSA) is 60.6 Å². The van der Waals surface area contributed by atoms with E-state index in [-0.39, 0.29) is 24.7 Å². The minimum Gasteiger partial charge on any atom is -0.498 e. The second-order valence-corrected chi connectivity index (χ2v) is 7.24. The lowest BCUT2D eigenvalue weighted by Crippen LogP contribution is -2.53. The molecule has 0 saturated carbocycles. The number of ether oxygens (including phenoxy) is 4. The van der Waals surface area contributed by atoms with Crippen molar-refractivity contribution < 1.29 is 36.9 Å². The fourth-order valence-corrected chi connectivity index (χ4v) is 4.00. The fourth-order valence-electron chi connectivity index (χ4n) is 4.00. The summed E-state index contributed by atoms with van der Waals surface area (Å²) < 4.78 is 60.3. The number of methoxy groups -OCH3 is 2. The van der Waals surface area contributed by atoms with E-state index < -0.39 is 35.3 Å². The maximum Gasteiger partial charge on any atom is 0.391 e. The highest BCUT2D eigenvalue weighted by molar-refractivity contribution is 5.96. The first-order chi connectivity index (χ1) is 11.6. The van der Waals surface area contributed by atoms with Crippen molar-refractivity contribution in [3.05, 3.63) is 11.8 Å². The lowest BCUT2D eigenvalue weighted by molar-refractivity contribution is -0.171. The van der Waals surface area contributed by atoms with Gasteiger partial charge in [0.2, 0.25) is 0 Å². The maximum atomic E-state index is 12.7. The standard InChI is InChI=1S/C17H23F3O5/c1-9(17(18,19)20)5-6-11-15(2,25-11)14-13(23-4)10(21)7-12(22-3)16(14)8-24-16/h7,9,11,13-14H,5-6,8H2,1-4H3. The van der Waals surface area contributed by atoms with Gasteiger partial charge in [0.15, 0.2) is 11.4 Å². The third-order valence-electron chi connectivity index (χ3n) is 5.72.